The van der Waals surface area contributed by atoms with Gasteiger partial charge in [0.1, 0.15) is 6.04 Å². The second-order valence-electron chi connectivity index (χ2n) is 6.63. The predicted octanol–water partition coefficient (Wildman–Crippen LogP) is 3.16. The van der Waals surface area contributed by atoms with Crippen LogP contribution >= 0.6 is 23.2 Å². The highest BCUT2D eigenvalue weighted by Gasteiger charge is 2.21. The van der Waals surface area contributed by atoms with Gasteiger partial charge < -0.3 is 16.4 Å². The Morgan fingerprint density at radius 1 is 0.897 bits per heavy atom. The Labute approximate surface area is 179 Å². The molecule has 0 unspecified atom stereocenters. The van der Waals surface area contributed by atoms with Crippen LogP contribution < -0.4 is 16.4 Å². The molecule has 8 heteroatoms. The summed E-state index contributed by atoms with van der Waals surface area (Å²) in [5, 5.41) is 6.15. The largest absolute Gasteiger partial charge is 0.368 e. The van der Waals surface area contributed by atoms with E-state index >= 15 is 0 Å². The van der Waals surface area contributed by atoms with Crippen LogP contribution in [0.15, 0.2) is 48.5 Å². The van der Waals surface area contributed by atoms with E-state index in [0.29, 0.717) is 15.6 Å². The summed E-state index contributed by atoms with van der Waals surface area (Å²) in [6, 6.07) is 13.3. The third-order valence-corrected chi connectivity index (χ3v) is 5.11. The first-order valence-corrected chi connectivity index (χ1v) is 9.89. The molecule has 0 saturated carbocycles. The van der Waals surface area contributed by atoms with Gasteiger partial charge in [-0.2, -0.15) is 0 Å². The van der Waals surface area contributed by atoms with Crippen molar-refractivity contribution in [2.24, 2.45) is 5.73 Å². The summed E-state index contributed by atoms with van der Waals surface area (Å²) < 4.78 is 0. The van der Waals surface area contributed by atoms with E-state index in [1.807, 2.05) is 37.3 Å². The highest BCUT2D eigenvalue weighted by molar-refractivity contribution is 6.36. The number of carbonyl (C=O) groups is 3. The molecular formula is C21H23Cl2N3O3. The number of nitrogens with two attached hydrogens (primary N) is 1. The molecule has 0 aliphatic rings. The second kappa shape index (κ2) is 10.8. The van der Waals surface area contributed by atoms with Gasteiger partial charge in [-0.25, -0.2) is 0 Å². The summed E-state index contributed by atoms with van der Waals surface area (Å²) >= 11 is 12.2. The predicted molar refractivity (Wildman–Crippen MR) is 114 cm³/mol. The minimum Gasteiger partial charge on any atom is -0.368 e. The average molecular weight is 436 g/mol. The van der Waals surface area contributed by atoms with E-state index in [-0.39, 0.29) is 31.2 Å². The summed E-state index contributed by atoms with van der Waals surface area (Å²) in [6.07, 6.45) is -0.0223. The molecule has 0 saturated heterocycles. The van der Waals surface area contributed by atoms with Crippen molar-refractivity contribution in [2.75, 3.05) is 0 Å². The Morgan fingerprint density at radius 2 is 1.45 bits per heavy atom. The Hall–Kier alpha value is -2.57. The number of halogens is 2. The van der Waals surface area contributed by atoms with Crippen LogP contribution in [0.2, 0.25) is 10.0 Å². The number of nitrogens with one attached hydrogen (secondary N) is 2. The molecule has 0 fully saturated rings. The lowest BCUT2D eigenvalue weighted by atomic mass is 10.0. The molecule has 29 heavy (non-hydrogen) atoms. The van der Waals surface area contributed by atoms with E-state index in [9.17, 15) is 14.4 Å². The fourth-order valence-corrected chi connectivity index (χ4v) is 3.34. The minimum atomic E-state index is -0.980. The van der Waals surface area contributed by atoms with Crippen molar-refractivity contribution in [1.29, 1.82) is 0 Å². The van der Waals surface area contributed by atoms with Crippen LogP contribution in [-0.4, -0.2) is 23.8 Å². The van der Waals surface area contributed by atoms with Gasteiger partial charge in [-0.1, -0.05) is 59.6 Å². The van der Waals surface area contributed by atoms with Gasteiger partial charge in [-0.15, -0.1) is 0 Å². The summed E-state index contributed by atoms with van der Waals surface area (Å²) in [6.45, 7) is 1.86. The number of rotatable bonds is 9. The van der Waals surface area contributed by atoms with Crippen molar-refractivity contribution in [2.45, 2.75) is 38.3 Å². The average Bonchev–Trinajstić information content (AvgIpc) is 2.69. The summed E-state index contributed by atoms with van der Waals surface area (Å²) in [5.41, 5.74) is 6.89. The normalized spacial score (nSPS) is 12.7. The third kappa shape index (κ3) is 7.07. The Kier molecular flexibility index (Phi) is 8.49. The topological polar surface area (TPSA) is 101 Å². The first kappa shape index (κ1) is 22.7. The number of amides is 3. The van der Waals surface area contributed by atoms with Crippen molar-refractivity contribution in [3.8, 4) is 0 Å². The van der Waals surface area contributed by atoms with E-state index in [2.05, 4.69) is 10.6 Å². The van der Waals surface area contributed by atoms with Gasteiger partial charge in [0.2, 0.25) is 17.7 Å². The van der Waals surface area contributed by atoms with Crippen LogP contribution in [0.3, 0.4) is 0 Å². The van der Waals surface area contributed by atoms with Gasteiger partial charge in [0.15, 0.2) is 0 Å². The zero-order chi connectivity index (χ0) is 21.4. The van der Waals surface area contributed by atoms with Crippen LogP contribution in [-0.2, 0) is 20.8 Å². The second-order valence-corrected chi connectivity index (χ2v) is 7.44. The highest BCUT2D eigenvalue weighted by atomic mass is 35.5. The van der Waals surface area contributed by atoms with E-state index in [0.717, 1.165) is 5.56 Å². The van der Waals surface area contributed by atoms with Crippen molar-refractivity contribution in [3.05, 3.63) is 69.7 Å². The monoisotopic (exact) mass is 435 g/mol. The highest BCUT2D eigenvalue weighted by Crippen LogP contribution is 2.25. The van der Waals surface area contributed by atoms with E-state index in [1.54, 1.807) is 18.2 Å². The zero-order valence-electron chi connectivity index (χ0n) is 16.0. The fourth-order valence-electron chi connectivity index (χ4n) is 2.79. The molecule has 154 valence electrons. The van der Waals surface area contributed by atoms with Gasteiger partial charge in [0.25, 0.3) is 0 Å². The van der Waals surface area contributed by atoms with Gasteiger partial charge in [0.05, 0.1) is 6.04 Å². The molecule has 6 nitrogen and oxygen atoms in total. The van der Waals surface area contributed by atoms with Crippen molar-refractivity contribution >= 4 is 40.9 Å². The van der Waals surface area contributed by atoms with Crippen LogP contribution in [0, 0.1) is 0 Å². The first-order valence-electron chi connectivity index (χ1n) is 9.13. The molecule has 0 aliphatic carbocycles. The first-order chi connectivity index (χ1) is 13.8. The Morgan fingerprint density at radius 3 is 2.00 bits per heavy atom. The molecule has 0 aliphatic heterocycles. The van der Waals surface area contributed by atoms with Crippen LogP contribution in [0.4, 0.5) is 0 Å². The molecule has 0 bridgehead atoms. The number of primary amides is 1. The SMILES string of the molecule is C[C@@H](NC(=O)CCC(=O)N[C@@H](Cc1c(Cl)cccc1Cl)C(N)=O)c1ccccc1. The third-order valence-electron chi connectivity index (χ3n) is 4.40. The number of hydrogen-bond donors (Lipinski definition) is 3. The molecule has 2 rings (SSSR count). The van der Waals surface area contributed by atoms with Crippen molar-refractivity contribution in [1.82, 2.24) is 10.6 Å². The smallest absolute Gasteiger partial charge is 0.240 e. The standard InChI is InChI=1S/C21H23Cl2N3O3/c1-13(14-6-3-2-4-7-14)25-19(27)10-11-20(28)26-18(21(24)29)12-15-16(22)8-5-9-17(15)23/h2-9,13,18H,10-12H2,1H3,(H2,24,29)(H,25,27)(H,26,28)/t13-,18+/m1/s1. The van der Waals surface area contributed by atoms with Crippen LogP contribution in [0.25, 0.3) is 0 Å². The van der Waals surface area contributed by atoms with Crippen LogP contribution in [0.5, 0.6) is 0 Å². The molecular weight excluding hydrogens is 413 g/mol. The fraction of sp³-hybridized carbons (Fsp3) is 0.286. The van der Waals surface area contributed by atoms with Gasteiger partial charge in [0, 0.05) is 29.3 Å². The van der Waals surface area contributed by atoms with E-state index in [4.69, 9.17) is 28.9 Å². The molecule has 0 aromatic heterocycles. The van der Waals surface area contributed by atoms with E-state index in [1.165, 1.54) is 0 Å². The lowest BCUT2D eigenvalue weighted by molar-refractivity contribution is -0.129. The van der Waals surface area contributed by atoms with Crippen LogP contribution in [0.1, 0.15) is 36.9 Å². The maximum atomic E-state index is 12.2. The number of benzene rings is 2. The summed E-state index contributed by atoms with van der Waals surface area (Å²) in [7, 11) is 0. The Bertz CT molecular complexity index is 854. The Balaban J connectivity index is 1.87. The van der Waals surface area contributed by atoms with Crippen molar-refractivity contribution < 1.29 is 14.4 Å². The lowest BCUT2D eigenvalue weighted by Crippen LogP contribution is -2.46. The molecule has 0 spiro atoms. The summed E-state index contributed by atoms with van der Waals surface area (Å²) in [5.74, 6) is -1.43. The molecule has 2 aromatic carbocycles. The molecule has 3 amide bonds. The lowest BCUT2D eigenvalue weighted by Gasteiger charge is -2.18. The molecule has 0 radical (unpaired) electrons. The maximum Gasteiger partial charge on any atom is 0.240 e. The minimum absolute atomic E-state index is 0.0126. The number of hydrogen-bond acceptors (Lipinski definition) is 3. The summed E-state index contributed by atoms with van der Waals surface area (Å²) in [4.78, 5) is 36.1. The van der Waals surface area contributed by atoms with Gasteiger partial charge in [-0.05, 0) is 30.2 Å². The quantitative estimate of drug-likeness (QED) is 0.563. The number of carbonyl (C=O) groups excluding carboxylic acids is 3. The molecule has 4 N–H and O–H groups in total. The zero-order valence-corrected chi connectivity index (χ0v) is 17.5. The van der Waals surface area contributed by atoms with E-state index < -0.39 is 17.9 Å². The van der Waals surface area contributed by atoms with Gasteiger partial charge >= 0.3 is 0 Å². The molecule has 0 heterocycles. The maximum absolute atomic E-state index is 12.2. The van der Waals surface area contributed by atoms with Gasteiger partial charge in [-0.3, -0.25) is 14.4 Å². The van der Waals surface area contributed by atoms with Crippen molar-refractivity contribution in [3.63, 3.8) is 0 Å². The molecule has 2 atom stereocenters. The molecule has 2 aromatic rings.